The Hall–Kier alpha value is -1.94. The first kappa shape index (κ1) is 24.2. The lowest BCUT2D eigenvalue weighted by Gasteiger charge is -2.23. The first-order valence-corrected chi connectivity index (χ1v) is 12.4. The molecule has 0 aromatic heterocycles. The van der Waals surface area contributed by atoms with E-state index in [4.69, 9.17) is 14.0 Å². The number of hydrogen-bond donors (Lipinski definition) is 1. The third-order valence-electron chi connectivity index (χ3n) is 6.11. The maximum Gasteiger partial charge on any atom is 0.426 e. The van der Waals surface area contributed by atoms with Crippen LogP contribution in [0.4, 0.5) is 13.2 Å². The Balaban J connectivity index is 1.50. The van der Waals surface area contributed by atoms with E-state index < -0.39 is 63.5 Å². The molecule has 1 N–H and O–H groups in total. The van der Waals surface area contributed by atoms with E-state index >= 15 is 0 Å². The van der Waals surface area contributed by atoms with E-state index in [1.54, 1.807) is 22.6 Å². The Labute approximate surface area is 198 Å². The van der Waals surface area contributed by atoms with Crippen molar-refractivity contribution in [2.75, 3.05) is 5.75 Å². The van der Waals surface area contributed by atoms with Crippen molar-refractivity contribution in [3.05, 3.63) is 27.3 Å². The van der Waals surface area contributed by atoms with Gasteiger partial charge >= 0.3 is 24.1 Å². The molecule has 9 nitrogen and oxygen atoms in total. The van der Waals surface area contributed by atoms with Crippen LogP contribution in [0.2, 0.25) is 0 Å². The molecule has 0 radical (unpaired) electrons. The van der Waals surface area contributed by atoms with Crippen molar-refractivity contribution in [1.82, 2.24) is 0 Å². The highest BCUT2D eigenvalue weighted by Crippen LogP contribution is 2.58. The predicted octanol–water partition coefficient (Wildman–Crippen LogP) is 2.37. The molecule has 1 aromatic rings. The Morgan fingerprint density at radius 1 is 1.27 bits per heavy atom. The number of fused-ring (bicyclic) bond motifs is 1. The first-order valence-electron chi connectivity index (χ1n) is 9.69. The van der Waals surface area contributed by atoms with Gasteiger partial charge < -0.3 is 14.2 Å². The summed E-state index contributed by atoms with van der Waals surface area (Å²) in [7, 11) is -5.09. The molecule has 1 aliphatic heterocycles. The van der Waals surface area contributed by atoms with E-state index in [0.717, 1.165) is 12.1 Å². The van der Waals surface area contributed by atoms with Gasteiger partial charge in [0.25, 0.3) is 10.1 Å². The van der Waals surface area contributed by atoms with Crippen LogP contribution in [-0.4, -0.2) is 55.0 Å². The molecule has 3 aliphatic rings. The number of carbonyl (C=O) groups is 3. The minimum absolute atomic E-state index is 0.0393. The van der Waals surface area contributed by atoms with Gasteiger partial charge in [-0.05, 0) is 59.5 Å². The van der Waals surface area contributed by atoms with E-state index in [0.29, 0.717) is 16.4 Å². The highest BCUT2D eigenvalue weighted by Gasteiger charge is 2.64. The fourth-order valence-corrected chi connectivity index (χ4v) is 5.88. The van der Waals surface area contributed by atoms with Crippen LogP contribution in [-0.2, 0) is 29.2 Å². The summed E-state index contributed by atoms with van der Waals surface area (Å²) in [6.45, 7) is 0. The fourth-order valence-electron chi connectivity index (χ4n) is 4.79. The Bertz CT molecular complexity index is 1120. The molecule has 180 valence electrons. The summed E-state index contributed by atoms with van der Waals surface area (Å²) < 4.78 is 84.8. The van der Waals surface area contributed by atoms with Gasteiger partial charge in [0, 0.05) is 5.92 Å². The van der Waals surface area contributed by atoms with Gasteiger partial charge in [-0.2, -0.15) is 21.6 Å². The van der Waals surface area contributed by atoms with E-state index in [1.165, 1.54) is 6.07 Å². The number of benzene rings is 1. The van der Waals surface area contributed by atoms with Crippen LogP contribution in [0.3, 0.4) is 0 Å². The van der Waals surface area contributed by atoms with Crippen molar-refractivity contribution < 1.29 is 54.7 Å². The molecule has 4 rings (SSSR count). The third-order valence-corrected chi connectivity index (χ3v) is 7.72. The van der Waals surface area contributed by atoms with Gasteiger partial charge in [-0.25, -0.2) is 4.79 Å². The molecule has 33 heavy (non-hydrogen) atoms. The summed E-state index contributed by atoms with van der Waals surface area (Å²) in [6.07, 6.45) is -7.31. The summed E-state index contributed by atoms with van der Waals surface area (Å²) in [5.74, 6) is -6.10. The van der Waals surface area contributed by atoms with Crippen LogP contribution in [0.1, 0.15) is 23.2 Å². The van der Waals surface area contributed by atoms with Crippen LogP contribution < -0.4 is 4.74 Å². The molecule has 1 saturated heterocycles. The Morgan fingerprint density at radius 3 is 2.61 bits per heavy atom. The quantitative estimate of drug-likeness (QED) is 0.225. The molecule has 6 atom stereocenters. The van der Waals surface area contributed by atoms with Gasteiger partial charge in [-0.1, -0.05) is 0 Å². The summed E-state index contributed by atoms with van der Waals surface area (Å²) in [5, 5.41) is 0. The average Bonchev–Trinajstić information content (AvgIpc) is 3.29. The maximum absolute atomic E-state index is 13.0. The van der Waals surface area contributed by atoms with Crippen molar-refractivity contribution in [1.29, 1.82) is 0 Å². The van der Waals surface area contributed by atoms with Gasteiger partial charge in [0.05, 0.1) is 21.0 Å². The number of hydrogen-bond acceptors (Lipinski definition) is 8. The second-order valence-corrected chi connectivity index (χ2v) is 10.8. The number of rotatable bonds is 6. The zero-order chi connectivity index (χ0) is 24.3. The largest absolute Gasteiger partial charge is 0.462 e. The monoisotopic (exact) mass is 604 g/mol. The smallest absolute Gasteiger partial charge is 0.426 e. The standard InChI is InChI=1S/C19H16F3IO9S/c20-19(21,22)13(6-33(27,28)29)32-16(24)7-1-2-10(23)12(4-7)31-17(25)14-8-3-9-11(5-8)30-18(26)15(9)14/h1-2,4,8-9,11,13-15H,3,5-6H2,(H,27,28,29). The zero-order valence-electron chi connectivity index (χ0n) is 16.5. The highest BCUT2D eigenvalue weighted by molar-refractivity contribution is 14.1. The minimum Gasteiger partial charge on any atom is -0.462 e. The lowest BCUT2D eigenvalue weighted by atomic mass is 9.80. The molecule has 2 aliphatic carbocycles. The van der Waals surface area contributed by atoms with Gasteiger partial charge in [-0.15, -0.1) is 0 Å². The number of alkyl halides is 3. The minimum atomic E-state index is -5.25. The molecule has 0 spiro atoms. The molecule has 1 heterocycles. The lowest BCUT2D eigenvalue weighted by Crippen LogP contribution is -2.39. The van der Waals surface area contributed by atoms with Crippen LogP contribution >= 0.6 is 22.6 Å². The molecule has 0 amide bonds. The molecule has 6 unspecified atom stereocenters. The molecule has 2 bridgehead atoms. The molecule has 2 saturated carbocycles. The molecular weight excluding hydrogens is 588 g/mol. The van der Waals surface area contributed by atoms with E-state index in [1.807, 2.05) is 0 Å². The Morgan fingerprint density at radius 2 is 1.97 bits per heavy atom. The van der Waals surface area contributed by atoms with Gasteiger partial charge in [0.15, 0.2) is 0 Å². The van der Waals surface area contributed by atoms with Gasteiger partial charge in [-0.3, -0.25) is 14.1 Å². The van der Waals surface area contributed by atoms with Gasteiger partial charge in [0.2, 0.25) is 6.10 Å². The third kappa shape index (κ3) is 4.82. The molecule has 3 fully saturated rings. The zero-order valence-corrected chi connectivity index (χ0v) is 19.4. The maximum atomic E-state index is 13.0. The van der Waals surface area contributed by atoms with Crippen molar-refractivity contribution in [3.63, 3.8) is 0 Å². The van der Waals surface area contributed by atoms with Crippen molar-refractivity contribution in [2.24, 2.45) is 23.7 Å². The summed E-state index contributed by atoms with van der Waals surface area (Å²) in [5.41, 5.74) is -0.434. The highest BCUT2D eigenvalue weighted by atomic mass is 127. The summed E-state index contributed by atoms with van der Waals surface area (Å²) in [4.78, 5) is 37.2. The average molecular weight is 604 g/mol. The van der Waals surface area contributed by atoms with E-state index in [-0.39, 0.29) is 23.7 Å². The van der Waals surface area contributed by atoms with Gasteiger partial charge in [0.1, 0.15) is 17.6 Å². The summed E-state index contributed by atoms with van der Waals surface area (Å²) in [6, 6.07) is 3.40. The van der Waals surface area contributed by atoms with Crippen molar-refractivity contribution >= 4 is 50.6 Å². The van der Waals surface area contributed by atoms with Crippen molar-refractivity contribution in [3.8, 4) is 5.75 Å². The normalized spacial score (nSPS) is 29.0. The first-order chi connectivity index (χ1) is 15.2. The van der Waals surface area contributed by atoms with Crippen LogP contribution in [0, 0.1) is 27.2 Å². The SMILES string of the molecule is O=C(OC(CS(=O)(=O)O)C(F)(F)F)c1ccc(I)c(OC(=O)C2C3CC4OC(=O)C2C4C3)c1. The number of ether oxygens (including phenoxy) is 3. The molecule has 1 aromatic carbocycles. The van der Waals surface area contributed by atoms with Crippen LogP contribution in [0.25, 0.3) is 0 Å². The topological polar surface area (TPSA) is 133 Å². The van der Waals surface area contributed by atoms with Crippen LogP contribution in [0.15, 0.2) is 18.2 Å². The second kappa shape index (κ2) is 8.37. The molecular formula is C19H16F3IO9S. The van der Waals surface area contributed by atoms with Crippen molar-refractivity contribution in [2.45, 2.75) is 31.2 Å². The second-order valence-electron chi connectivity index (χ2n) is 8.17. The lowest BCUT2D eigenvalue weighted by molar-refractivity contribution is -0.197. The number of carbonyl (C=O) groups excluding carboxylic acids is 3. The number of esters is 3. The summed E-state index contributed by atoms with van der Waals surface area (Å²) >= 11 is 1.79. The number of halogens is 4. The van der Waals surface area contributed by atoms with E-state index in [9.17, 15) is 36.0 Å². The van der Waals surface area contributed by atoms with E-state index in [2.05, 4.69) is 4.74 Å². The predicted molar refractivity (Wildman–Crippen MR) is 110 cm³/mol. The molecule has 14 heteroatoms. The Kier molecular flexibility index (Phi) is 6.14. The fraction of sp³-hybridized carbons (Fsp3) is 0.526. The van der Waals surface area contributed by atoms with Crippen LogP contribution in [0.5, 0.6) is 5.75 Å².